The number of hydrogen-bond acceptors (Lipinski definition) is 3. The highest BCUT2D eigenvalue weighted by Crippen LogP contribution is 2.32. The van der Waals surface area contributed by atoms with Crippen molar-refractivity contribution in [3.05, 3.63) is 30.3 Å². The quantitative estimate of drug-likeness (QED) is 0.517. The summed E-state index contributed by atoms with van der Waals surface area (Å²) in [7, 11) is -3.29. The second-order valence-corrected chi connectivity index (χ2v) is 12.2. The zero-order valence-electron chi connectivity index (χ0n) is 17.9. The van der Waals surface area contributed by atoms with E-state index in [0.29, 0.717) is 4.90 Å². The van der Waals surface area contributed by atoms with E-state index in [1.165, 1.54) is 64.3 Å². The zero-order valence-corrected chi connectivity index (χ0v) is 18.7. The summed E-state index contributed by atoms with van der Waals surface area (Å²) in [5.74, 6) is 0.964. The summed E-state index contributed by atoms with van der Waals surface area (Å²) in [5, 5.41) is 0. The van der Waals surface area contributed by atoms with Gasteiger partial charge in [0.05, 0.1) is 9.64 Å². The summed E-state index contributed by atoms with van der Waals surface area (Å²) in [6.07, 6.45) is 14.2. The van der Waals surface area contributed by atoms with Gasteiger partial charge < -0.3 is 4.90 Å². The molecule has 1 saturated carbocycles. The van der Waals surface area contributed by atoms with Crippen molar-refractivity contribution in [2.24, 2.45) is 5.92 Å². The number of hydrogen-bond donors (Lipinski definition) is 0. The van der Waals surface area contributed by atoms with Crippen LogP contribution in [-0.4, -0.2) is 37.2 Å². The Labute approximate surface area is 172 Å². The molecule has 4 heteroatoms. The molecule has 0 N–H and O–H groups in total. The van der Waals surface area contributed by atoms with Gasteiger partial charge >= 0.3 is 0 Å². The topological polar surface area (TPSA) is 37.4 Å². The Bertz CT molecular complexity index is 693. The molecule has 0 aromatic heterocycles. The van der Waals surface area contributed by atoms with Crippen molar-refractivity contribution in [2.45, 2.75) is 100 Å². The highest BCUT2D eigenvalue weighted by Gasteiger charge is 2.35. The monoisotopic (exact) mass is 405 g/mol. The molecule has 1 aliphatic carbocycles. The van der Waals surface area contributed by atoms with E-state index in [-0.39, 0.29) is 0 Å². The largest absolute Gasteiger partial charge is 0.300 e. The molecule has 28 heavy (non-hydrogen) atoms. The van der Waals surface area contributed by atoms with Gasteiger partial charge in [0.15, 0.2) is 9.84 Å². The van der Waals surface area contributed by atoms with Crippen LogP contribution in [0.1, 0.15) is 84.5 Å². The Balaban J connectivity index is 1.47. The maximum atomic E-state index is 13.0. The van der Waals surface area contributed by atoms with Crippen LogP contribution in [0, 0.1) is 5.92 Å². The third-order valence-corrected chi connectivity index (χ3v) is 9.69. The lowest BCUT2D eigenvalue weighted by molar-refractivity contribution is 0.215. The summed E-state index contributed by atoms with van der Waals surface area (Å²) in [6, 6.07) is 9.66. The van der Waals surface area contributed by atoms with Crippen LogP contribution in [-0.2, 0) is 9.84 Å². The molecule has 0 radical (unpaired) electrons. The first-order valence-corrected chi connectivity index (χ1v) is 12.9. The molecule has 1 aromatic carbocycles. The normalized spacial score (nSPS) is 22.6. The van der Waals surface area contributed by atoms with Crippen LogP contribution >= 0.6 is 0 Å². The van der Waals surface area contributed by atoms with Crippen LogP contribution < -0.4 is 0 Å². The van der Waals surface area contributed by atoms with Crippen molar-refractivity contribution in [3.63, 3.8) is 0 Å². The van der Waals surface area contributed by atoms with Gasteiger partial charge in [0.2, 0.25) is 0 Å². The number of benzene rings is 1. The Morgan fingerprint density at radius 1 is 0.964 bits per heavy atom. The average Bonchev–Trinajstić information content (AvgIpc) is 3.15. The van der Waals surface area contributed by atoms with E-state index < -0.39 is 14.6 Å². The third kappa shape index (κ3) is 5.38. The molecule has 1 atom stereocenters. The van der Waals surface area contributed by atoms with E-state index in [2.05, 4.69) is 4.90 Å². The van der Waals surface area contributed by atoms with Crippen molar-refractivity contribution >= 4 is 9.84 Å². The second kappa shape index (κ2) is 9.75. The number of nitrogens with zero attached hydrogens (tertiary/aromatic N) is 1. The summed E-state index contributed by atoms with van der Waals surface area (Å²) in [4.78, 5) is 3.10. The lowest BCUT2D eigenvalue weighted by atomic mass is 9.85. The third-order valence-electron chi connectivity index (χ3n) is 7.14. The van der Waals surface area contributed by atoms with E-state index >= 15 is 0 Å². The Kier molecular flexibility index (Phi) is 7.60. The maximum absolute atomic E-state index is 13.0. The van der Waals surface area contributed by atoms with Crippen LogP contribution in [0.3, 0.4) is 0 Å². The number of sulfone groups is 1. The first-order chi connectivity index (χ1) is 13.4. The van der Waals surface area contributed by atoms with Gasteiger partial charge in [-0.1, -0.05) is 50.3 Å². The molecule has 0 bridgehead atoms. The van der Waals surface area contributed by atoms with Crippen LogP contribution in [0.4, 0.5) is 0 Å². The Hall–Kier alpha value is -0.870. The summed E-state index contributed by atoms with van der Waals surface area (Å²) in [5.41, 5.74) is 0. The molecule has 0 amide bonds. The minimum Gasteiger partial charge on any atom is -0.300 e. The van der Waals surface area contributed by atoms with E-state index in [9.17, 15) is 8.42 Å². The molecule has 3 rings (SSSR count). The molecule has 1 aliphatic heterocycles. The minimum atomic E-state index is -3.29. The molecule has 0 spiro atoms. The molecule has 158 valence electrons. The van der Waals surface area contributed by atoms with E-state index in [4.69, 9.17) is 0 Å². The van der Waals surface area contributed by atoms with Crippen molar-refractivity contribution in [2.75, 3.05) is 13.1 Å². The molecular formula is C24H39NO2S. The molecule has 1 unspecified atom stereocenters. The smallest absolute Gasteiger partial charge is 0.183 e. The van der Waals surface area contributed by atoms with Crippen LogP contribution in [0.25, 0.3) is 0 Å². The van der Waals surface area contributed by atoms with E-state index in [0.717, 1.165) is 31.3 Å². The van der Waals surface area contributed by atoms with Gasteiger partial charge in [-0.2, -0.15) is 0 Å². The minimum absolute atomic E-state index is 0.450. The first kappa shape index (κ1) is 21.8. The second-order valence-electron chi connectivity index (χ2n) is 9.59. The van der Waals surface area contributed by atoms with Gasteiger partial charge in [0, 0.05) is 6.04 Å². The predicted molar refractivity (Wildman–Crippen MR) is 117 cm³/mol. The number of likely N-dealkylation sites (tertiary alicyclic amines) is 1. The van der Waals surface area contributed by atoms with Gasteiger partial charge in [0.25, 0.3) is 0 Å². The Morgan fingerprint density at radius 2 is 1.68 bits per heavy atom. The van der Waals surface area contributed by atoms with Crippen LogP contribution in [0.5, 0.6) is 0 Å². The van der Waals surface area contributed by atoms with Crippen LogP contribution in [0.2, 0.25) is 0 Å². The molecule has 2 fully saturated rings. The maximum Gasteiger partial charge on any atom is 0.183 e. The average molecular weight is 406 g/mol. The fraction of sp³-hybridized carbons (Fsp3) is 0.750. The summed E-state index contributed by atoms with van der Waals surface area (Å²) < 4.78 is 25.3. The fourth-order valence-electron chi connectivity index (χ4n) is 5.18. The van der Waals surface area contributed by atoms with Crippen molar-refractivity contribution < 1.29 is 8.42 Å². The van der Waals surface area contributed by atoms with Gasteiger partial charge in [-0.05, 0) is 83.5 Å². The molecule has 2 aliphatic rings. The van der Waals surface area contributed by atoms with Crippen molar-refractivity contribution in [1.82, 2.24) is 4.90 Å². The molecule has 1 saturated heterocycles. The van der Waals surface area contributed by atoms with Crippen molar-refractivity contribution in [1.29, 1.82) is 0 Å². The lowest BCUT2D eigenvalue weighted by Crippen LogP contribution is -2.35. The molecule has 1 aromatic rings. The van der Waals surface area contributed by atoms with E-state index in [1.54, 1.807) is 12.1 Å². The SMILES string of the molecule is CC(C)(CCCN1CCCC1CCC1CCCCC1)S(=O)(=O)c1ccccc1. The Morgan fingerprint density at radius 3 is 2.39 bits per heavy atom. The lowest BCUT2D eigenvalue weighted by Gasteiger charge is -2.29. The van der Waals surface area contributed by atoms with Crippen LogP contribution in [0.15, 0.2) is 35.2 Å². The van der Waals surface area contributed by atoms with Gasteiger partial charge in [0.1, 0.15) is 0 Å². The molecule has 3 nitrogen and oxygen atoms in total. The zero-order chi connectivity index (χ0) is 20.0. The fourth-order valence-corrected chi connectivity index (χ4v) is 6.75. The van der Waals surface area contributed by atoms with Gasteiger partial charge in [-0.25, -0.2) is 8.42 Å². The standard InChI is InChI=1S/C24H39NO2S/c1-24(2,28(26,27)23-14-7-4-8-15-23)18-10-20-25-19-9-13-22(25)17-16-21-11-5-3-6-12-21/h4,7-8,14-15,21-22H,3,5-6,9-13,16-20H2,1-2H3. The highest BCUT2D eigenvalue weighted by molar-refractivity contribution is 7.92. The summed E-state index contributed by atoms with van der Waals surface area (Å²) in [6.45, 7) is 6.02. The predicted octanol–water partition coefficient (Wildman–Crippen LogP) is 5.84. The number of rotatable bonds is 9. The van der Waals surface area contributed by atoms with E-state index in [1.807, 2.05) is 32.0 Å². The highest BCUT2D eigenvalue weighted by atomic mass is 32.2. The molecule has 1 heterocycles. The van der Waals surface area contributed by atoms with Crippen molar-refractivity contribution in [3.8, 4) is 0 Å². The summed E-state index contributed by atoms with van der Waals surface area (Å²) >= 11 is 0. The van der Waals surface area contributed by atoms with Gasteiger partial charge in [-0.15, -0.1) is 0 Å². The van der Waals surface area contributed by atoms with Gasteiger partial charge in [-0.3, -0.25) is 0 Å². The molecular weight excluding hydrogens is 366 g/mol. The first-order valence-electron chi connectivity index (χ1n) is 11.4.